The van der Waals surface area contributed by atoms with E-state index >= 15 is 0 Å². The maximum atomic E-state index is 12.2. The first-order chi connectivity index (χ1) is 7.12. The van der Waals surface area contributed by atoms with Crippen molar-refractivity contribution in [1.29, 1.82) is 0 Å². The van der Waals surface area contributed by atoms with Gasteiger partial charge >= 0.3 is 0 Å². The average Bonchev–Trinajstić information content (AvgIpc) is 2.67. The van der Waals surface area contributed by atoms with Crippen molar-refractivity contribution in [3.63, 3.8) is 0 Å². The summed E-state index contributed by atoms with van der Waals surface area (Å²) >= 11 is 7.56. The Labute approximate surface area is 99.2 Å². The predicted molar refractivity (Wildman–Crippen MR) is 65.9 cm³/mol. The minimum atomic E-state index is -0.214. The van der Waals surface area contributed by atoms with E-state index in [0.29, 0.717) is 5.02 Å². The molecule has 0 N–H and O–H groups in total. The number of Topliss-reactive ketones (excluding diaryl/α,β-unsaturated/α-hetero) is 1. The smallest absolute Gasteiger partial charge is 0.178 e. The molecule has 2 rings (SSSR count). The monoisotopic (exact) mass is 240 g/mol. The van der Waals surface area contributed by atoms with Gasteiger partial charge in [-0.2, -0.15) is 0 Å². The molecular formula is C12H13ClOS. The molecule has 0 spiro atoms. The molecule has 1 aromatic carbocycles. The Balaban J connectivity index is 2.24. The molecule has 1 nitrogen and oxygen atoms in total. The third-order valence-corrected chi connectivity index (χ3v) is 4.58. The van der Waals surface area contributed by atoms with Crippen molar-refractivity contribution in [3.05, 3.63) is 34.9 Å². The van der Waals surface area contributed by atoms with Crippen LogP contribution in [0.5, 0.6) is 0 Å². The Morgan fingerprint density at radius 1 is 1.40 bits per heavy atom. The number of carbonyl (C=O) groups is 1. The van der Waals surface area contributed by atoms with Gasteiger partial charge in [-0.05, 0) is 49.8 Å². The minimum absolute atomic E-state index is 0.214. The van der Waals surface area contributed by atoms with E-state index in [9.17, 15) is 4.79 Å². The normalized spacial score (nSPS) is 25.5. The van der Waals surface area contributed by atoms with E-state index in [1.54, 1.807) is 23.9 Å². The third kappa shape index (κ3) is 2.21. The van der Waals surface area contributed by atoms with Gasteiger partial charge < -0.3 is 0 Å². The van der Waals surface area contributed by atoms with Crippen molar-refractivity contribution >= 4 is 29.1 Å². The van der Waals surface area contributed by atoms with Gasteiger partial charge in [-0.25, -0.2) is 0 Å². The maximum absolute atomic E-state index is 12.2. The predicted octanol–water partition coefficient (Wildman–Crippen LogP) is 3.81. The molecule has 1 aliphatic heterocycles. The van der Waals surface area contributed by atoms with Gasteiger partial charge in [0.15, 0.2) is 5.78 Å². The van der Waals surface area contributed by atoms with Crippen LogP contribution in [0, 0.1) is 0 Å². The van der Waals surface area contributed by atoms with E-state index < -0.39 is 0 Å². The molecule has 1 heterocycles. The van der Waals surface area contributed by atoms with Crippen molar-refractivity contribution in [3.8, 4) is 0 Å². The summed E-state index contributed by atoms with van der Waals surface area (Å²) in [4.78, 5) is 12.2. The Kier molecular flexibility index (Phi) is 3.08. The van der Waals surface area contributed by atoms with Crippen LogP contribution >= 0.6 is 23.4 Å². The van der Waals surface area contributed by atoms with Gasteiger partial charge in [-0.1, -0.05) is 11.6 Å². The molecule has 0 aliphatic carbocycles. The zero-order chi connectivity index (χ0) is 10.9. The Morgan fingerprint density at radius 3 is 2.60 bits per heavy atom. The van der Waals surface area contributed by atoms with Crippen LogP contribution in [0.2, 0.25) is 5.02 Å². The SMILES string of the molecule is CC1(C(=O)c2ccc(Cl)cc2)CCCS1. The summed E-state index contributed by atoms with van der Waals surface area (Å²) in [6, 6.07) is 7.18. The largest absolute Gasteiger partial charge is 0.293 e. The summed E-state index contributed by atoms with van der Waals surface area (Å²) < 4.78 is -0.214. The first-order valence-corrected chi connectivity index (χ1v) is 6.42. The maximum Gasteiger partial charge on any atom is 0.178 e. The van der Waals surface area contributed by atoms with Crippen molar-refractivity contribution in [2.45, 2.75) is 24.5 Å². The highest BCUT2D eigenvalue weighted by Gasteiger charge is 2.37. The lowest BCUT2D eigenvalue weighted by atomic mass is 9.95. The van der Waals surface area contributed by atoms with Crippen LogP contribution in [0.15, 0.2) is 24.3 Å². The quantitative estimate of drug-likeness (QED) is 0.732. The number of hydrogen-bond acceptors (Lipinski definition) is 2. The first kappa shape index (κ1) is 11.0. The van der Waals surface area contributed by atoms with Gasteiger partial charge in [0.05, 0.1) is 4.75 Å². The van der Waals surface area contributed by atoms with Gasteiger partial charge in [0.1, 0.15) is 0 Å². The lowest BCUT2D eigenvalue weighted by Crippen LogP contribution is -2.28. The van der Waals surface area contributed by atoms with Crippen LogP contribution in [-0.4, -0.2) is 16.3 Å². The zero-order valence-electron chi connectivity index (χ0n) is 8.63. The topological polar surface area (TPSA) is 17.1 Å². The van der Waals surface area contributed by atoms with Crippen LogP contribution in [0.1, 0.15) is 30.1 Å². The van der Waals surface area contributed by atoms with Crippen LogP contribution in [-0.2, 0) is 0 Å². The van der Waals surface area contributed by atoms with Crippen molar-refractivity contribution < 1.29 is 4.79 Å². The van der Waals surface area contributed by atoms with Crippen molar-refractivity contribution in [2.24, 2.45) is 0 Å². The lowest BCUT2D eigenvalue weighted by Gasteiger charge is -2.20. The van der Waals surface area contributed by atoms with E-state index in [4.69, 9.17) is 11.6 Å². The lowest BCUT2D eigenvalue weighted by molar-refractivity contribution is 0.0949. The van der Waals surface area contributed by atoms with Crippen molar-refractivity contribution in [1.82, 2.24) is 0 Å². The fraction of sp³-hybridized carbons (Fsp3) is 0.417. The second-order valence-corrected chi connectivity index (χ2v) is 6.05. The molecule has 1 atom stereocenters. The number of halogens is 1. The van der Waals surface area contributed by atoms with Crippen LogP contribution in [0.25, 0.3) is 0 Å². The van der Waals surface area contributed by atoms with Gasteiger partial charge in [0.2, 0.25) is 0 Å². The third-order valence-electron chi connectivity index (χ3n) is 2.81. The van der Waals surface area contributed by atoms with Gasteiger partial charge in [-0.15, -0.1) is 11.8 Å². The molecule has 0 saturated carbocycles. The molecule has 80 valence electrons. The summed E-state index contributed by atoms with van der Waals surface area (Å²) in [5.41, 5.74) is 0.774. The fourth-order valence-electron chi connectivity index (χ4n) is 1.86. The summed E-state index contributed by atoms with van der Waals surface area (Å²) in [6.45, 7) is 2.04. The highest BCUT2D eigenvalue weighted by atomic mass is 35.5. The molecule has 1 saturated heterocycles. The second-order valence-electron chi connectivity index (χ2n) is 4.02. The van der Waals surface area contributed by atoms with E-state index in [0.717, 1.165) is 24.2 Å². The number of ketones is 1. The first-order valence-electron chi connectivity index (χ1n) is 5.06. The molecule has 0 aromatic heterocycles. The van der Waals surface area contributed by atoms with E-state index in [2.05, 4.69) is 0 Å². The standard InChI is InChI=1S/C12H13ClOS/c1-12(7-2-8-15-12)11(14)9-3-5-10(13)6-4-9/h3-6H,2,7-8H2,1H3. The number of carbonyl (C=O) groups excluding carboxylic acids is 1. The van der Waals surface area contributed by atoms with Gasteiger partial charge in [0.25, 0.3) is 0 Å². The molecular weight excluding hydrogens is 228 g/mol. The minimum Gasteiger partial charge on any atom is -0.293 e. The van der Waals surface area contributed by atoms with Crippen LogP contribution in [0.3, 0.4) is 0 Å². The zero-order valence-corrected chi connectivity index (χ0v) is 10.2. The van der Waals surface area contributed by atoms with Crippen LogP contribution < -0.4 is 0 Å². The van der Waals surface area contributed by atoms with Gasteiger partial charge in [-0.3, -0.25) is 4.79 Å². The van der Waals surface area contributed by atoms with Crippen LogP contribution in [0.4, 0.5) is 0 Å². The number of hydrogen-bond donors (Lipinski definition) is 0. The number of benzene rings is 1. The molecule has 0 radical (unpaired) electrons. The molecule has 1 aromatic rings. The fourth-order valence-corrected chi connectivity index (χ4v) is 3.27. The summed E-state index contributed by atoms with van der Waals surface area (Å²) in [7, 11) is 0. The molecule has 1 fully saturated rings. The highest BCUT2D eigenvalue weighted by molar-refractivity contribution is 8.01. The van der Waals surface area contributed by atoms with E-state index in [1.165, 1.54) is 0 Å². The summed E-state index contributed by atoms with van der Waals surface area (Å²) in [6.07, 6.45) is 2.12. The summed E-state index contributed by atoms with van der Waals surface area (Å²) in [5, 5.41) is 0.677. The van der Waals surface area contributed by atoms with E-state index in [1.807, 2.05) is 19.1 Å². The molecule has 3 heteroatoms. The summed E-state index contributed by atoms with van der Waals surface area (Å²) in [5.74, 6) is 1.33. The van der Waals surface area contributed by atoms with E-state index in [-0.39, 0.29) is 10.5 Å². The molecule has 0 bridgehead atoms. The molecule has 1 aliphatic rings. The number of thioether (sulfide) groups is 1. The highest BCUT2D eigenvalue weighted by Crippen LogP contribution is 2.40. The Morgan fingerprint density at radius 2 is 2.07 bits per heavy atom. The molecule has 15 heavy (non-hydrogen) atoms. The average molecular weight is 241 g/mol. The Bertz CT molecular complexity index is 366. The van der Waals surface area contributed by atoms with Crippen molar-refractivity contribution in [2.75, 3.05) is 5.75 Å². The number of rotatable bonds is 2. The van der Waals surface area contributed by atoms with Gasteiger partial charge in [0, 0.05) is 10.6 Å². The molecule has 0 amide bonds. The second kappa shape index (κ2) is 4.18. The molecule has 1 unspecified atom stereocenters. The Hall–Kier alpha value is -0.470.